The van der Waals surface area contributed by atoms with Crippen LogP contribution in [-0.4, -0.2) is 15.1 Å². The minimum Gasteiger partial charge on any atom is -0.398 e. The first-order chi connectivity index (χ1) is 9.63. The van der Waals surface area contributed by atoms with Gasteiger partial charge in [0.1, 0.15) is 5.69 Å². The molecule has 3 rings (SSSR count). The molecular weight excluding hydrogens is 344 g/mol. The van der Waals surface area contributed by atoms with Crippen molar-refractivity contribution < 1.29 is 4.52 Å². The second-order valence-corrected chi connectivity index (χ2v) is 5.37. The van der Waals surface area contributed by atoms with E-state index in [0.717, 1.165) is 4.47 Å². The first-order valence-corrected chi connectivity index (χ1v) is 6.81. The Kier molecular flexibility index (Phi) is 3.42. The molecule has 0 radical (unpaired) electrons. The van der Waals surface area contributed by atoms with Crippen LogP contribution in [0.25, 0.3) is 23.0 Å². The maximum Gasteiger partial charge on any atom is 0.260 e. The van der Waals surface area contributed by atoms with Crippen LogP contribution in [-0.2, 0) is 0 Å². The van der Waals surface area contributed by atoms with Crippen molar-refractivity contribution in [2.24, 2.45) is 0 Å². The molecule has 2 N–H and O–H groups in total. The van der Waals surface area contributed by atoms with Gasteiger partial charge in [0, 0.05) is 16.4 Å². The molecule has 0 aliphatic heterocycles. The highest BCUT2D eigenvalue weighted by Gasteiger charge is 2.14. The topological polar surface area (TPSA) is 77.8 Å². The SMILES string of the molecule is Nc1ccc(Br)cc1-c1nc(-c2ccc(Cl)cn2)no1. The van der Waals surface area contributed by atoms with Crippen LogP contribution < -0.4 is 5.73 Å². The van der Waals surface area contributed by atoms with Gasteiger partial charge in [-0.15, -0.1) is 0 Å². The monoisotopic (exact) mass is 350 g/mol. The molecule has 2 heterocycles. The van der Waals surface area contributed by atoms with E-state index in [1.54, 1.807) is 18.2 Å². The quantitative estimate of drug-likeness (QED) is 0.711. The predicted octanol–water partition coefficient (Wildman–Crippen LogP) is 3.80. The number of hydrogen-bond acceptors (Lipinski definition) is 5. The van der Waals surface area contributed by atoms with Crippen LogP contribution in [0.4, 0.5) is 5.69 Å². The van der Waals surface area contributed by atoms with Crippen molar-refractivity contribution in [3.05, 3.63) is 46.0 Å². The highest BCUT2D eigenvalue weighted by Crippen LogP contribution is 2.29. The zero-order chi connectivity index (χ0) is 14.1. The molecule has 0 amide bonds. The lowest BCUT2D eigenvalue weighted by Gasteiger charge is -2.00. The third-order valence-electron chi connectivity index (χ3n) is 2.63. The van der Waals surface area contributed by atoms with Crippen molar-refractivity contribution in [2.75, 3.05) is 5.73 Å². The van der Waals surface area contributed by atoms with Crippen LogP contribution in [0, 0.1) is 0 Å². The number of nitrogen functional groups attached to an aromatic ring is 1. The summed E-state index contributed by atoms with van der Waals surface area (Å²) in [6.45, 7) is 0. The number of hydrogen-bond donors (Lipinski definition) is 1. The van der Waals surface area contributed by atoms with Crippen molar-refractivity contribution in [1.82, 2.24) is 15.1 Å². The van der Waals surface area contributed by atoms with E-state index in [1.807, 2.05) is 12.1 Å². The van der Waals surface area contributed by atoms with Crippen molar-refractivity contribution in [2.45, 2.75) is 0 Å². The molecule has 0 saturated carbocycles. The van der Waals surface area contributed by atoms with Crippen molar-refractivity contribution in [3.8, 4) is 23.0 Å². The molecule has 0 aliphatic carbocycles. The summed E-state index contributed by atoms with van der Waals surface area (Å²) in [5.74, 6) is 0.728. The third-order valence-corrected chi connectivity index (χ3v) is 3.35. The smallest absolute Gasteiger partial charge is 0.260 e. The van der Waals surface area contributed by atoms with Gasteiger partial charge in [-0.1, -0.05) is 32.7 Å². The number of nitrogens with two attached hydrogens (primary N) is 1. The summed E-state index contributed by atoms with van der Waals surface area (Å²) in [5, 5.41) is 4.45. The fraction of sp³-hybridized carbons (Fsp3) is 0. The highest BCUT2D eigenvalue weighted by atomic mass is 79.9. The normalized spacial score (nSPS) is 10.7. The Morgan fingerprint density at radius 1 is 1.20 bits per heavy atom. The fourth-order valence-corrected chi connectivity index (χ4v) is 2.13. The molecule has 5 nitrogen and oxygen atoms in total. The maximum atomic E-state index is 5.91. The first-order valence-electron chi connectivity index (χ1n) is 5.64. The van der Waals surface area contributed by atoms with Gasteiger partial charge in [-0.3, -0.25) is 4.98 Å². The molecule has 0 unspecified atom stereocenters. The van der Waals surface area contributed by atoms with E-state index in [2.05, 4.69) is 31.1 Å². The Morgan fingerprint density at radius 2 is 2.05 bits per heavy atom. The van der Waals surface area contributed by atoms with Crippen LogP contribution in [0.3, 0.4) is 0 Å². The third kappa shape index (κ3) is 2.52. The summed E-state index contributed by atoms with van der Waals surface area (Å²) in [7, 11) is 0. The summed E-state index contributed by atoms with van der Waals surface area (Å²) in [5.41, 5.74) is 7.72. The summed E-state index contributed by atoms with van der Waals surface area (Å²) in [6, 6.07) is 8.87. The molecule has 0 spiro atoms. The molecule has 3 aromatic rings. The standard InChI is InChI=1S/C13H8BrClN4O/c14-7-1-3-10(16)9(5-7)13-18-12(19-20-13)11-4-2-8(15)6-17-11/h1-6H,16H2. The van der Waals surface area contributed by atoms with Gasteiger partial charge in [0.15, 0.2) is 0 Å². The van der Waals surface area contributed by atoms with Crippen LogP contribution in [0.5, 0.6) is 0 Å². The van der Waals surface area contributed by atoms with E-state index in [0.29, 0.717) is 33.7 Å². The second-order valence-electron chi connectivity index (χ2n) is 4.02. The van der Waals surface area contributed by atoms with Crippen molar-refractivity contribution >= 4 is 33.2 Å². The predicted molar refractivity (Wildman–Crippen MR) is 80.1 cm³/mol. The number of nitrogens with zero attached hydrogens (tertiary/aromatic N) is 3. The van der Waals surface area contributed by atoms with Crippen molar-refractivity contribution in [1.29, 1.82) is 0 Å². The molecule has 0 atom stereocenters. The van der Waals surface area contributed by atoms with E-state index >= 15 is 0 Å². The number of pyridine rings is 1. The lowest BCUT2D eigenvalue weighted by Crippen LogP contribution is -1.90. The molecule has 0 fully saturated rings. The molecule has 0 saturated heterocycles. The Hall–Kier alpha value is -1.92. The van der Waals surface area contributed by atoms with Crippen LogP contribution >= 0.6 is 27.5 Å². The number of anilines is 1. The van der Waals surface area contributed by atoms with Gasteiger partial charge in [0.05, 0.1) is 10.6 Å². The molecule has 1 aromatic carbocycles. The van der Waals surface area contributed by atoms with Gasteiger partial charge < -0.3 is 10.3 Å². The number of halogens is 2. The number of aromatic nitrogens is 3. The zero-order valence-electron chi connectivity index (χ0n) is 10.0. The van der Waals surface area contributed by atoms with E-state index in [4.69, 9.17) is 21.9 Å². The summed E-state index contributed by atoms with van der Waals surface area (Å²) in [6.07, 6.45) is 1.53. The van der Waals surface area contributed by atoms with E-state index in [9.17, 15) is 0 Å². The van der Waals surface area contributed by atoms with E-state index < -0.39 is 0 Å². The molecule has 0 bridgehead atoms. The lowest BCUT2D eigenvalue weighted by atomic mass is 10.2. The second kappa shape index (κ2) is 5.22. The summed E-state index contributed by atoms with van der Waals surface area (Å²) >= 11 is 9.17. The molecule has 20 heavy (non-hydrogen) atoms. The lowest BCUT2D eigenvalue weighted by molar-refractivity contribution is 0.432. The average molecular weight is 352 g/mol. The minimum absolute atomic E-state index is 0.343. The molecule has 7 heteroatoms. The first kappa shape index (κ1) is 13.1. The van der Waals surface area contributed by atoms with Crippen LogP contribution in [0.1, 0.15) is 0 Å². The Bertz CT molecular complexity index is 757. The molecular formula is C13H8BrClN4O. The zero-order valence-corrected chi connectivity index (χ0v) is 12.4. The van der Waals surface area contributed by atoms with Gasteiger partial charge in [-0.2, -0.15) is 4.98 Å². The number of benzene rings is 1. The van der Waals surface area contributed by atoms with Crippen LogP contribution in [0.15, 0.2) is 45.5 Å². The van der Waals surface area contributed by atoms with Gasteiger partial charge in [0.2, 0.25) is 5.82 Å². The van der Waals surface area contributed by atoms with E-state index in [-0.39, 0.29) is 0 Å². The van der Waals surface area contributed by atoms with Gasteiger partial charge in [-0.25, -0.2) is 0 Å². The maximum absolute atomic E-state index is 5.91. The van der Waals surface area contributed by atoms with Gasteiger partial charge >= 0.3 is 0 Å². The van der Waals surface area contributed by atoms with Gasteiger partial charge in [0.25, 0.3) is 5.89 Å². The largest absolute Gasteiger partial charge is 0.398 e. The Morgan fingerprint density at radius 3 is 2.80 bits per heavy atom. The molecule has 100 valence electrons. The fourth-order valence-electron chi connectivity index (χ4n) is 1.66. The molecule has 0 aliphatic rings. The van der Waals surface area contributed by atoms with Crippen LogP contribution in [0.2, 0.25) is 5.02 Å². The van der Waals surface area contributed by atoms with E-state index in [1.165, 1.54) is 6.20 Å². The summed E-state index contributed by atoms with van der Waals surface area (Å²) in [4.78, 5) is 8.44. The average Bonchev–Trinajstić information content (AvgIpc) is 2.92. The van der Waals surface area contributed by atoms with Gasteiger partial charge in [-0.05, 0) is 30.3 Å². The highest BCUT2D eigenvalue weighted by molar-refractivity contribution is 9.10. The Labute approximate surface area is 127 Å². The number of rotatable bonds is 2. The summed E-state index contributed by atoms with van der Waals surface area (Å²) < 4.78 is 6.12. The minimum atomic E-state index is 0.343. The molecule has 2 aromatic heterocycles. The van der Waals surface area contributed by atoms with Crippen molar-refractivity contribution in [3.63, 3.8) is 0 Å². The Balaban J connectivity index is 2.01.